The van der Waals surface area contributed by atoms with Gasteiger partial charge in [-0.05, 0) is 43.5 Å². The van der Waals surface area contributed by atoms with E-state index in [4.69, 9.17) is 20.0 Å². The molecule has 2 amide bonds. The Kier molecular flexibility index (Phi) is 11.6. The smallest absolute Gasteiger partial charge is 0.391 e. The Morgan fingerprint density at radius 2 is 2.00 bits per heavy atom. The number of amides is 2. The molecular formula is C18H29FN3O5P. The van der Waals surface area contributed by atoms with E-state index in [1.165, 1.54) is 18.2 Å². The fourth-order valence-corrected chi connectivity index (χ4v) is 2.75. The summed E-state index contributed by atoms with van der Waals surface area (Å²) in [5, 5.41) is 5.08. The number of unbranched alkanes of at least 4 members (excludes halogenated alkanes) is 3. The first-order valence-corrected chi connectivity index (χ1v) is 10.5. The van der Waals surface area contributed by atoms with Crippen LogP contribution in [0.4, 0.5) is 10.1 Å². The molecule has 6 N–H and O–H groups in total. The molecule has 0 aliphatic heterocycles. The van der Waals surface area contributed by atoms with Crippen LogP contribution in [0.5, 0.6) is 5.75 Å². The summed E-state index contributed by atoms with van der Waals surface area (Å²) in [6.45, 7) is 2.89. The second-order valence-corrected chi connectivity index (χ2v) is 6.94. The molecule has 8 nitrogen and oxygen atoms in total. The maximum absolute atomic E-state index is 14.5. The molecule has 0 heterocycles. The van der Waals surface area contributed by atoms with Gasteiger partial charge in [0.05, 0.1) is 5.69 Å². The Balaban J connectivity index is 2.87. The number of hydrogen-bond donors (Lipinski definition) is 5. The topological polar surface area (TPSA) is 134 Å². The number of carbonyl (C=O) groups is 2. The number of anilines is 1. The Morgan fingerprint density at radius 3 is 2.64 bits per heavy atom. The molecule has 0 saturated carbocycles. The van der Waals surface area contributed by atoms with E-state index in [9.17, 15) is 14.0 Å². The maximum Gasteiger partial charge on any atom is 0.391 e. The van der Waals surface area contributed by atoms with E-state index >= 15 is 0 Å². The van der Waals surface area contributed by atoms with Gasteiger partial charge in [-0.1, -0.05) is 25.8 Å². The number of nitrogens with two attached hydrogens (primary N) is 1. The minimum Gasteiger partial charge on any atom is -0.425 e. The van der Waals surface area contributed by atoms with Gasteiger partial charge in [0.1, 0.15) is 0 Å². The molecule has 0 aromatic heterocycles. The van der Waals surface area contributed by atoms with E-state index in [-0.39, 0.29) is 29.3 Å². The van der Waals surface area contributed by atoms with E-state index in [1.807, 2.05) is 6.92 Å². The molecule has 1 aromatic carbocycles. The highest BCUT2D eigenvalue weighted by Gasteiger charge is 2.22. The third kappa shape index (κ3) is 8.93. The number of nitrogens with one attached hydrogen (secondary N) is 2. The summed E-state index contributed by atoms with van der Waals surface area (Å²) < 4.78 is 19.4. The zero-order valence-corrected chi connectivity index (χ0v) is 16.9. The van der Waals surface area contributed by atoms with Crippen molar-refractivity contribution in [3.05, 3.63) is 23.8 Å². The second kappa shape index (κ2) is 13.4. The van der Waals surface area contributed by atoms with Gasteiger partial charge in [-0.15, -0.1) is 0 Å². The number of rotatable bonds is 13. The van der Waals surface area contributed by atoms with Crippen molar-refractivity contribution in [2.45, 2.75) is 51.6 Å². The highest BCUT2D eigenvalue weighted by molar-refractivity contribution is 7.39. The normalized spacial score (nSPS) is 11.9. The standard InChI is InChI=1S/C18H29FN3O5P/c1-2-3-11-21-18(24)17(19)13-8-9-15(27-28(25)26)14(12-13)22-16(23)7-5-4-6-10-20/h8-9,12,17,25-26H,2-7,10-11,20H2,1H3,(H,21,24)(H,22,23). The van der Waals surface area contributed by atoms with Crippen LogP contribution in [-0.4, -0.2) is 34.7 Å². The molecule has 1 aromatic rings. The quantitative estimate of drug-likeness (QED) is 0.247. The van der Waals surface area contributed by atoms with Crippen molar-refractivity contribution in [3.8, 4) is 5.75 Å². The van der Waals surface area contributed by atoms with Gasteiger partial charge >= 0.3 is 8.60 Å². The molecule has 0 fully saturated rings. The molecule has 1 rings (SSSR count). The lowest BCUT2D eigenvalue weighted by Gasteiger charge is -2.15. The average Bonchev–Trinajstić information content (AvgIpc) is 2.65. The second-order valence-electron chi connectivity index (χ2n) is 6.25. The van der Waals surface area contributed by atoms with Gasteiger partial charge in [0.25, 0.3) is 5.91 Å². The first-order chi connectivity index (χ1) is 13.4. The summed E-state index contributed by atoms with van der Waals surface area (Å²) in [6, 6.07) is 3.85. The van der Waals surface area contributed by atoms with Crippen LogP contribution in [-0.2, 0) is 9.59 Å². The van der Waals surface area contributed by atoms with E-state index in [0.717, 1.165) is 25.7 Å². The summed E-state index contributed by atoms with van der Waals surface area (Å²) in [7, 11) is -2.72. The Morgan fingerprint density at radius 1 is 1.25 bits per heavy atom. The van der Waals surface area contributed by atoms with Gasteiger partial charge in [0.15, 0.2) is 5.75 Å². The van der Waals surface area contributed by atoms with E-state index < -0.39 is 20.7 Å². The van der Waals surface area contributed by atoms with Crippen molar-refractivity contribution in [2.75, 3.05) is 18.4 Å². The lowest BCUT2D eigenvalue weighted by molar-refractivity contribution is -0.126. The van der Waals surface area contributed by atoms with Gasteiger partial charge < -0.3 is 30.7 Å². The van der Waals surface area contributed by atoms with Crippen molar-refractivity contribution in [3.63, 3.8) is 0 Å². The molecule has 10 heteroatoms. The van der Waals surface area contributed by atoms with Gasteiger partial charge in [-0.3, -0.25) is 9.59 Å². The van der Waals surface area contributed by atoms with Crippen LogP contribution in [0.3, 0.4) is 0 Å². The van der Waals surface area contributed by atoms with Crippen molar-refractivity contribution in [2.24, 2.45) is 5.73 Å². The van der Waals surface area contributed by atoms with Gasteiger partial charge in [-0.2, -0.15) is 0 Å². The van der Waals surface area contributed by atoms with Crippen LogP contribution in [0.25, 0.3) is 0 Å². The molecule has 0 saturated heterocycles. The zero-order valence-electron chi connectivity index (χ0n) is 16.0. The minimum atomic E-state index is -2.72. The molecule has 1 atom stereocenters. The zero-order chi connectivity index (χ0) is 20.9. The minimum absolute atomic E-state index is 0.0197. The van der Waals surface area contributed by atoms with Gasteiger partial charge in [-0.25, -0.2) is 4.39 Å². The largest absolute Gasteiger partial charge is 0.425 e. The third-order valence-electron chi connectivity index (χ3n) is 3.92. The third-order valence-corrected chi connectivity index (χ3v) is 4.28. The van der Waals surface area contributed by atoms with Crippen LogP contribution in [0, 0.1) is 0 Å². The monoisotopic (exact) mass is 417 g/mol. The van der Waals surface area contributed by atoms with Crippen molar-refractivity contribution in [1.29, 1.82) is 0 Å². The predicted octanol–water partition coefficient (Wildman–Crippen LogP) is 2.66. The van der Waals surface area contributed by atoms with Crippen LogP contribution in [0.1, 0.15) is 57.2 Å². The first-order valence-electron chi connectivity index (χ1n) is 9.30. The van der Waals surface area contributed by atoms with Crippen LogP contribution in [0.15, 0.2) is 18.2 Å². The lowest BCUT2D eigenvalue weighted by Crippen LogP contribution is -2.28. The summed E-state index contributed by atoms with van der Waals surface area (Å²) in [5.41, 5.74) is 5.51. The van der Waals surface area contributed by atoms with Crippen molar-refractivity contribution in [1.82, 2.24) is 5.32 Å². The van der Waals surface area contributed by atoms with Crippen molar-refractivity contribution >= 4 is 26.1 Å². The molecule has 158 valence electrons. The van der Waals surface area contributed by atoms with Crippen LogP contribution < -0.4 is 20.9 Å². The van der Waals surface area contributed by atoms with Crippen molar-refractivity contribution < 1.29 is 28.3 Å². The van der Waals surface area contributed by atoms with Gasteiger partial charge in [0, 0.05) is 13.0 Å². The number of benzene rings is 1. The molecule has 28 heavy (non-hydrogen) atoms. The fourth-order valence-electron chi connectivity index (χ4n) is 2.42. The predicted molar refractivity (Wildman–Crippen MR) is 106 cm³/mol. The fraction of sp³-hybridized carbons (Fsp3) is 0.556. The van der Waals surface area contributed by atoms with Crippen LogP contribution in [0.2, 0.25) is 0 Å². The van der Waals surface area contributed by atoms with E-state index in [1.54, 1.807) is 0 Å². The molecular weight excluding hydrogens is 388 g/mol. The Labute approximate surface area is 165 Å². The van der Waals surface area contributed by atoms with E-state index in [2.05, 4.69) is 10.6 Å². The number of carbonyl (C=O) groups excluding carboxylic acids is 2. The molecule has 1 unspecified atom stereocenters. The molecule has 0 aliphatic rings. The Hall–Kier alpha value is -1.80. The summed E-state index contributed by atoms with van der Waals surface area (Å²) in [6.07, 6.45) is 2.17. The molecule has 0 radical (unpaired) electrons. The lowest BCUT2D eigenvalue weighted by atomic mass is 10.1. The summed E-state index contributed by atoms with van der Waals surface area (Å²) in [5.74, 6) is -1.12. The van der Waals surface area contributed by atoms with Crippen LogP contribution >= 0.6 is 8.60 Å². The Bertz CT molecular complexity index is 633. The molecule has 0 bridgehead atoms. The number of halogens is 1. The first kappa shape index (κ1) is 24.2. The van der Waals surface area contributed by atoms with E-state index in [0.29, 0.717) is 19.5 Å². The van der Waals surface area contributed by atoms with Gasteiger partial charge in [0.2, 0.25) is 12.1 Å². The molecule has 0 spiro atoms. The summed E-state index contributed by atoms with van der Waals surface area (Å²) in [4.78, 5) is 42.2. The summed E-state index contributed by atoms with van der Waals surface area (Å²) >= 11 is 0. The highest BCUT2D eigenvalue weighted by atomic mass is 31.2. The number of hydrogen-bond acceptors (Lipinski definition) is 6. The average molecular weight is 417 g/mol. The maximum atomic E-state index is 14.5. The number of alkyl halides is 1. The highest BCUT2D eigenvalue weighted by Crippen LogP contribution is 2.37. The molecule has 0 aliphatic carbocycles. The SMILES string of the molecule is CCCCNC(=O)C(F)c1ccc(OP(O)O)c(NC(=O)CCCCCN)c1.